The van der Waals surface area contributed by atoms with Crippen molar-refractivity contribution in [3.63, 3.8) is 0 Å². The first-order valence-corrected chi connectivity index (χ1v) is 3.86. The van der Waals surface area contributed by atoms with E-state index in [1.54, 1.807) is 0 Å². The van der Waals surface area contributed by atoms with Gasteiger partial charge in [0, 0.05) is 45.6 Å². The topological polar surface area (TPSA) is 17.1 Å². The van der Waals surface area contributed by atoms with Crippen molar-refractivity contribution < 1.29 is 37.5 Å². The summed E-state index contributed by atoms with van der Waals surface area (Å²) in [7, 11) is 0. The molecule has 1 aromatic rings. The maximum absolute atomic E-state index is 11.0. The van der Waals surface area contributed by atoms with Gasteiger partial charge in [-0.3, -0.25) is 4.79 Å². The molecule has 0 heterocycles. The number of hydrogen-bond donors (Lipinski definition) is 0. The number of Topliss-reactive ketones (excluding diaryl/α,β-unsaturated/α-hetero) is 1. The smallest absolute Gasteiger partial charge is 0.141 e. The second kappa shape index (κ2) is 5.02. The fourth-order valence-corrected chi connectivity index (χ4v) is 1.58. The van der Waals surface area contributed by atoms with Crippen LogP contribution in [0.2, 0.25) is 0 Å². The number of rotatable bonds is 0. The van der Waals surface area contributed by atoms with E-state index in [1.165, 1.54) is 16.7 Å². The second-order valence-corrected chi connectivity index (χ2v) is 3.16. The van der Waals surface area contributed by atoms with Gasteiger partial charge in [-0.1, -0.05) is 23.8 Å². The van der Waals surface area contributed by atoms with Crippen LogP contribution in [0.15, 0.2) is 18.2 Å². The molecule has 0 amide bonds. The zero-order chi connectivity index (χ0) is 7.84. The second-order valence-electron chi connectivity index (χ2n) is 3.16. The molecule has 1 aliphatic carbocycles. The Kier molecular flexibility index (Phi) is 5.02. The number of carbonyl (C=O) groups excluding carboxylic acids is 1. The van der Waals surface area contributed by atoms with Crippen LogP contribution in [0.1, 0.15) is 16.7 Å². The van der Waals surface area contributed by atoms with Gasteiger partial charge in [-0.2, -0.15) is 0 Å². The number of benzene rings is 1. The Morgan fingerprint density at radius 1 is 1.15 bits per heavy atom. The molecule has 13 heavy (non-hydrogen) atoms. The number of fused-ring (bicyclic) bond motifs is 1. The fourth-order valence-electron chi connectivity index (χ4n) is 1.58. The number of carbonyl (C=O) groups is 1. The molecule has 0 spiro atoms. The summed E-state index contributed by atoms with van der Waals surface area (Å²) in [6.07, 6.45) is 1.30. The molecule has 0 saturated heterocycles. The Hall–Kier alpha value is -0.00610. The predicted molar refractivity (Wildman–Crippen MR) is 50.0 cm³/mol. The summed E-state index contributed by atoms with van der Waals surface area (Å²) in [5, 5.41) is 0. The van der Waals surface area contributed by atoms with Gasteiger partial charge in [-0.25, -0.2) is 0 Å². The number of aryl methyl sites for hydroxylation is 1. The van der Waals surface area contributed by atoms with E-state index in [0.717, 1.165) is 0 Å². The molecule has 0 N–H and O–H groups in total. The largest absolute Gasteiger partial charge is 0.358 e. The molecular formula is C11H13OY-. The number of ketones is 1. The van der Waals surface area contributed by atoms with Gasteiger partial charge in [0.15, 0.2) is 0 Å². The van der Waals surface area contributed by atoms with Crippen LogP contribution in [0.4, 0.5) is 0 Å². The van der Waals surface area contributed by atoms with E-state index >= 15 is 0 Å². The van der Waals surface area contributed by atoms with Crippen molar-refractivity contribution in [1.29, 1.82) is 0 Å². The van der Waals surface area contributed by atoms with Crippen LogP contribution in [0.3, 0.4) is 0 Å². The van der Waals surface area contributed by atoms with Gasteiger partial charge in [0.1, 0.15) is 5.78 Å². The molecule has 67 valence electrons. The fraction of sp³-hybridized carbons (Fsp3) is 0.273. The van der Waals surface area contributed by atoms with Crippen molar-refractivity contribution >= 4 is 5.78 Å². The van der Waals surface area contributed by atoms with E-state index in [0.29, 0.717) is 18.6 Å². The maximum atomic E-state index is 11.0. The number of hydrogen-bond acceptors (Lipinski definition) is 1. The van der Waals surface area contributed by atoms with Crippen molar-refractivity contribution in [1.82, 2.24) is 0 Å². The molecule has 0 aromatic heterocycles. The van der Waals surface area contributed by atoms with Gasteiger partial charge >= 0.3 is 0 Å². The quantitative estimate of drug-likeness (QED) is 0.644. The van der Waals surface area contributed by atoms with Gasteiger partial charge < -0.3 is 7.43 Å². The third-order valence-electron chi connectivity index (χ3n) is 2.14. The molecule has 0 unspecified atom stereocenters. The molecular weight excluding hydrogens is 237 g/mol. The molecule has 0 atom stereocenters. The molecule has 2 heteroatoms. The van der Waals surface area contributed by atoms with Crippen LogP contribution in [0, 0.1) is 14.4 Å². The minimum absolute atomic E-state index is 0. The summed E-state index contributed by atoms with van der Waals surface area (Å²) in [5.41, 5.74) is 3.70. The van der Waals surface area contributed by atoms with Gasteiger partial charge in [-0.05, 0) is 18.1 Å². The van der Waals surface area contributed by atoms with E-state index in [2.05, 4.69) is 25.1 Å². The van der Waals surface area contributed by atoms with Crippen molar-refractivity contribution in [3.8, 4) is 0 Å². The minimum Gasteiger partial charge on any atom is -0.358 e. The Bertz CT molecular complexity index is 318. The molecule has 1 radical (unpaired) electrons. The van der Waals surface area contributed by atoms with Crippen molar-refractivity contribution in [3.05, 3.63) is 42.3 Å². The maximum Gasteiger partial charge on any atom is 0.141 e. The van der Waals surface area contributed by atoms with Crippen molar-refractivity contribution in [2.75, 3.05) is 0 Å². The van der Waals surface area contributed by atoms with E-state index < -0.39 is 0 Å². The molecule has 0 saturated carbocycles. The van der Waals surface area contributed by atoms with Crippen LogP contribution in [0.5, 0.6) is 0 Å². The Labute approximate surface area is 105 Å². The van der Waals surface area contributed by atoms with E-state index in [1.807, 2.05) is 0 Å². The molecule has 1 aromatic carbocycles. The molecule has 0 aliphatic heterocycles. The van der Waals surface area contributed by atoms with Crippen LogP contribution in [0.25, 0.3) is 0 Å². The van der Waals surface area contributed by atoms with Crippen LogP contribution >= 0.6 is 0 Å². The SMILES string of the molecule is Cc1ccc2c(c1)CC(=O)C2.[CH3-].[Y]. The third-order valence-corrected chi connectivity index (χ3v) is 2.14. The van der Waals surface area contributed by atoms with Crippen LogP contribution < -0.4 is 0 Å². The summed E-state index contributed by atoms with van der Waals surface area (Å²) in [5.74, 6) is 0.352. The van der Waals surface area contributed by atoms with Gasteiger partial charge in [0.25, 0.3) is 0 Å². The first-order chi connectivity index (χ1) is 5.25. The summed E-state index contributed by atoms with van der Waals surface area (Å²) in [6.45, 7) is 2.06. The van der Waals surface area contributed by atoms with E-state index in [-0.39, 0.29) is 40.1 Å². The molecule has 1 nitrogen and oxygen atoms in total. The summed E-state index contributed by atoms with van der Waals surface area (Å²) >= 11 is 0. The zero-order valence-corrected chi connectivity index (χ0v) is 11.0. The Balaban J connectivity index is 0.000000720. The summed E-state index contributed by atoms with van der Waals surface area (Å²) in [6, 6.07) is 6.24. The first kappa shape index (κ1) is 13.0. The van der Waals surface area contributed by atoms with Gasteiger partial charge in [0.2, 0.25) is 0 Å². The summed E-state index contributed by atoms with van der Waals surface area (Å²) in [4.78, 5) is 11.0. The average Bonchev–Trinajstić information content (AvgIpc) is 2.27. The molecule has 0 bridgehead atoms. The van der Waals surface area contributed by atoms with E-state index in [4.69, 9.17) is 0 Å². The van der Waals surface area contributed by atoms with Crippen molar-refractivity contribution in [2.45, 2.75) is 19.8 Å². The van der Waals surface area contributed by atoms with E-state index in [9.17, 15) is 4.79 Å². The Morgan fingerprint density at radius 3 is 2.46 bits per heavy atom. The molecule has 1 aliphatic rings. The average molecular weight is 250 g/mol. The standard InChI is InChI=1S/C10H10O.CH3.Y/c1-7-2-3-8-5-10(11)6-9(8)4-7;;/h2-4H,5-6H2,1H3;1H3;/q;-1;. The first-order valence-electron chi connectivity index (χ1n) is 3.86. The normalized spacial score (nSPS) is 12.8. The van der Waals surface area contributed by atoms with Gasteiger partial charge in [0.05, 0.1) is 0 Å². The predicted octanol–water partition coefficient (Wildman–Crippen LogP) is 2.11. The van der Waals surface area contributed by atoms with Crippen LogP contribution in [-0.2, 0) is 50.3 Å². The molecule has 0 fully saturated rings. The summed E-state index contributed by atoms with van der Waals surface area (Å²) < 4.78 is 0. The Morgan fingerprint density at radius 2 is 1.77 bits per heavy atom. The third kappa shape index (κ3) is 2.72. The van der Waals surface area contributed by atoms with Crippen LogP contribution in [-0.4, -0.2) is 5.78 Å². The minimum atomic E-state index is 0. The zero-order valence-electron chi connectivity index (χ0n) is 8.13. The molecule has 2 rings (SSSR count). The van der Waals surface area contributed by atoms with Gasteiger partial charge in [-0.15, -0.1) is 0 Å². The van der Waals surface area contributed by atoms with Crippen molar-refractivity contribution in [2.24, 2.45) is 0 Å². The monoisotopic (exact) mass is 250 g/mol.